The molecule has 0 amide bonds. The fourth-order valence-corrected chi connectivity index (χ4v) is 3.91. The van der Waals surface area contributed by atoms with Gasteiger partial charge in [-0.05, 0) is 44.2 Å². The Hall–Kier alpha value is -2.17. The van der Waals surface area contributed by atoms with Crippen LogP contribution in [0.1, 0.15) is 35.9 Å². The van der Waals surface area contributed by atoms with E-state index in [1.165, 1.54) is 28.3 Å². The molecule has 1 aliphatic heterocycles. The van der Waals surface area contributed by atoms with Gasteiger partial charge in [-0.25, -0.2) is 4.39 Å². The van der Waals surface area contributed by atoms with Crippen LogP contribution in [-0.2, 0) is 19.5 Å². The highest BCUT2D eigenvalue weighted by Gasteiger charge is 2.24. The lowest BCUT2D eigenvalue weighted by molar-refractivity contribution is 0.150. The van der Waals surface area contributed by atoms with E-state index in [4.69, 9.17) is 0 Å². The van der Waals surface area contributed by atoms with Gasteiger partial charge >= 0.3 is 0 Å². The molecule has 4 rings (SSSR count). The van der Waals surface area contributed by atoms with Crippen LogP contribution in [0, 0.1) is 12.7 Å². The molecule has 3 nitrogen and oxygen atoms in total. The number of aryl methyl sites for hydroxylation is 1. The van der Waals surface area contributed by atoms with Crippen LogP contribution in [0.5, 0.6) is 0 Å². The van der Waals surface area contributed by atoms with Crippen molar-refractivity contribution in [3.05, 3.63) is 70.7 Å². The Morgan fingerprint density at radius 3 is 2.73 bits per heavy atom. The van der Waals surface area contributed by atoms with Crippen molar-refractivity contribution in [1.82, 2.24) is 9.47 Å². The van der Waals surface area contributed by atoms with Gasteiger partial charge in [-0.2, -0.15) is 0 Å². The zero-order valence-corrected chi connectivity index (χ0v) is 14.7. The number of aliphatic hydroxyl groups excluding tert-OH is 1. The zero-order chi connectivity index (χ0) is 17.6. The number of halogens is 1. The summed E-state index contributed by atoms with van der Waals surface area (Å²) in [6.45, 7) is 4.36. The van der Waals surface area contributed by atoms with E-state index in [2.05, 4.69) is 41.6 Å². The Balaban J connectivity index is 0.00000196. The van der Waals surface area contributed by atoms with Crippen molar-refractivity contribution in [1.29, 1.82) is 0 Å². The van der Waals surface area contributed by atoms with Gasteiger partial charge in [0.25, 0.3) is 0 Å². The molecule has 0 aliphatic carbocycles. The Morgan fingerprint density at radius 1 is 1.19 bits per heavy atom. The van der Waals surface area contributed by atoms with Crippen molar-refractivity contribution < 1.29 is 9.50 Å². The number of likely N-dealkylation sites (N-methyl/N-ethyl adjacent to an activating group) is 1. The molecule has 1 atom stereocenters. The highest BCUT2D eigenvalue weighted by Crippen LogP contribution is 2.33. The van der Waals surface area contributed by atoms with Gasteiger partial charge in [0.05, 0.1) is 12.6 Å². The van der Waals surface area contributed by atoms with Gasteiger partial charge in [-0.1, -0.05) is 37.3 Å². The Kier molecular flexibility index (Phi) is 5.17. The second-order valence-corrected chi connectivity index (χ2v) is 7.08. The van der Waals surface area contributed by atoms with E-state index in [0.29, 0.717) is 12.1 Å². The van der Waals surface area contributed by atoms with E-state index in [0.717, 1.165) is 25.0 Å². The number of rotatable bonds is 3. The minimum Gasteiger partial charge on any atom is -0.386 e. The first kappa shape index (κ1) is 18.6. The molecule has 1 unspecified atom stereocenters. The molecule has 4 heteroatoms. The molecule has 0 bridgehead atoms. The summed E-state index contributed by atoms with van der Waals surface area (Å²) in [6.07, 6.45) is 0.142. The van der Waals surface area contributed by atoms with Crippen LogP contribution < -0.4 is 0 Å². The number of benzene rings is 2. The van der Waals surface area contributed by atoms with Crippen LogP contribution in [0.2, 0.25) is 0 Å². The fourth-order valence-electron chi connectivity index (χ4n) is 3.91. The summed E-state index contributed by atoms with van der Waals surface area (Å²) >= 11 is 0. The van der Waals surface area contributed by atoms with E-state index in [-0.39, 0.29) is 13.2 Å². The highest BCUT2D eigenvalue weighted by molar-refractivity contribution is 5.86. The number of aliphatic hydroxyl groups is 1. The lowest BCUT2D eigenvalue weighted by Crippen LogP contribution is -2.28. The predicted molar refractivity (Wildman–Crippen MR) is 105 cm³/mol. The average molecular weight is 354 g/mol. The molecule has 0 radical (unpaired) electrons. The highest BCUT2D eigenvalue weighted by atomic mass is 19.1. The van der Waals surface area contributed by atoms with Gasteiger partial charge in [-0.3, -0.25) is 0 Å². The topological polar surface area (TPSA) is 28.4 Å². The molecular formula is C22H27FN2O. The second-order valence-electron chi connectivity index (χ2n) is 7.08. The maximum atomic E-state index is 14.1. The van der Waals surface area contributed by atoms with Gasteiger partial charge in [-0.15, -0.1) is 0 Å². The summed E-state index contributed by atoms with van der Waals surface area (Å²) in [6, 6.07) is 12.9. The smallest absolute Gasteiger partial charge is 0.129 e. The van der Waals surface area contributed by atoms with E-state index < -0.39 is 6.10 Å². The molecule has 3 aromatic rings. The number of aromatic nitrogens is 1. The molecule has 0 saturated carbocycles. The van der Waals surface area contributed by atoms with Gasteiger partial charge < -0.3 is 14.6 Å². The van der Waals surface area contributed by atoms with Crippen molar-refractivity contribution in [3.63, 3.8) is 0 Å². The van der Waals surface area contributed by atoms with Crippen LogP contribution in [0.15, 0.2) is 42.5 Å². The quantitative estimate of drug-likeness (QED) is 0.753. The third kappa shape index (κ3) is 3.15. The lowest BCUT2D eigenvalue weighted by atomic mass is 10.0. The van der Waals surface area contributed by atoms with Crippen molar-refractivity contribution in [3.8, 4) is 0 Å². The van der Waals surface area contributed by atoms with Gasteiger partial charge in [0, 0.05) is 35.2 Å². The van der Waals surface area contributed by atoms with E-state index in [9.17, 15) is 9.50 Å². The summed E-state index contributed by atoms with van der Waals surface area (Å²) in [4.78, 5) is 2.29. The third-order valence-corrected chi connectivity index (χ3v) is 5.23. The monoisotopic (exact) mass is 354 g/mol. The maximum absolute atomic E-state index is 14.1. The molecule has 26 heavy (non-hydrogen) atoms. The number of hydrogen-bond acceptors (Lipinski definition) is 2. The van der Waals surface area contributed by atoms with Crippen LogP contribution >= 0.6 is 0 Å². The van der Waals surface area contributed by atoms with Crippen LogP contribution in [0.4, 0.5) is 4.39 Å². The molecule has 1 aromatic heterocycles. The normalized spacial score (nSPS) is 15.5. The van der Waals surface area contributed by atoms with Crippen molar-refractivity contribution in [2.75, 3.05) is 13.6 Å². The largest absolute Gasteiger partial charge is 0.386 e. The maximum Gasteiger partial charge on any atom is 0.129 e. The summed E-state index contributed by atoms with van der Waals surface area (Å²) in [5, 5.41) is 11.9. The van der Waals surface area contributed by atoms with Gasteiger partial charge in [0.2, 0.25) is 0 Å². The summed E-state index contributed by atoms with van der Waals surface area (Å²) < 4.78 is 16.2. The first-order valence-electron chi connectivity index (χ1n) is 8.76. The zero-order valence-electron chi connectivity index (χ0n) is 14.7. The Labute approximate surface area is 154 Å². The van der Waals surface area contributed by atoms with Crippen LogP contribution in [0.3, 0.4) is 0 Å². The SMILES string of the molecule is C.Cc1ccc2c(c1)c1c(n2CC(O)c2ccccc2F)CN(C)CC1. The molecule has 1 N–H and O–H groups in total. The standard InChI is InChI=1S/C21H23FN2O.CH4/c1-14-7-8-19-17(11-14)15-9-10-23(2)12-20(15)24(19)13-21(25)16-5-3-4-6-18(16)22;/h3-8,11,21,25H,9-10,12-13H2,1-2H3;1H4. The minimum absolute atomic E-state index is 0. The molecule has 1 aliphatic rings. The molecule has 0 saturated heterocycles. The Bertz CT molecular complexity index is 931. The lowest BCUT2D eigenvalue weighted by Gasteiger charge is -2.25. The van der Waals surface area contributed by atoms with E-state index >= 15 is 0 Å². The second kappa shape index (κ2) is 7.22. The molecular weight excluding hydrogens is 327 g/mol. The summed E-state index contributed by atoms with van der Waals surface area (Å²) in [5.41, 5.74) is 5.33. The molecule has 0 spiro atoms. The summed E-state index contributed by atoms with van der Waals surface area (Å²) in [7, 11) is 2.11. The van der Waals surface area contributed by atoms with Crippen LogP contribution in [0.25, 0.3) is 10.9 Å². The van der Waals surface area contributed by atoms with E-state index in [1.807, 2.05) is 0 Å². The molecule has 0 fully saturated rings. The van der Waals surface area contributed by atoms with E-state index in [1.54, 1.807) is 18.2 Å². The first-order valence-corrected chi connectivity index (χ1v) is 8.76. The number of fused-ring (bicyclic) bond motifs is 3. The molecule has 138 valence electrons. The average Bonchev–Trinajstić information content (AvgIpc) is 2.87. The van der Waals surface area contributed by atoms with Crippen molar-refractivity contribution >= 4 is 10.9 Å². The minimum atomic E-state index is -0.866. The number of nitrogens with zero attached hydrogens (tertiary/aromatic N) is 2. The summed E-state index contributed by atoms with van der Waals surface area (Å²) in [5.74, 6) is -0.353. The first-order chi connectivity index (χ1) is 12.0. The Morgan fingerprint density at radius 2 is 1.96 bits per heavy atom. The van der Waals surface area contributed by atoms with Crippen molar-refractivity contribution in [2.24, 2.45) is 0 Å². The molecule has 2 heterocycles. The van der Waals surface area contributed by atoms with Crippen LogP contribution in [-0.4, -0.2) is 28.2 Å². The van der Waals surface area contributed by atoms with Crippen molar-refractivity contribution in [2.45, 2.75) is 40.0 Å². The van der Waals surface area contributed by atoms with Gasteiger partial charge in [0.1, 0.15) is 5.82 Å². The fraction of sp³-hybridized carbons (Fsp3) is 0.364. The molecule has 2 aromatic carbocycles. The predicted octanol–water partition coefficient (Wildman–Crippen LogP) is 4.45. The third-order valence-electron chi connectivity index (χ3n) is 5.23. The van der Waals surface area contributed by atoms with Gasteiger partial charge in [0.15, 0.2) is 0 Å². The number of hydrogen-bond donors (Lipinski definition) is 1.